The Hall–Kier alpha value is -2.45. The molecule has 0 N–H and O–H groups in total. The Morgan fingerprint density at radius 1 is 0.783 bits per heavy atom. The van der Waals surface area contributed by atoms with E-state index in [0.29, 0.717) is 0 Å². The third-order valence-corrected chi connectivity index (χ3v) is 3.97. The molecule has 0 spiro atoms. The molecule has 0 saturated heterocycles. The second kappa shape index (κ2) is 6.76. The van der Waals surface area contributed by atoms with Gasteiger partial charge in [0.2, 0.25) is 0 Å². The minimum Gasteiger partial charge on any atom is -0.256 e. The zero-order chi connectivity index (χ0) is 16.2. The molecule has 0 amide bonds. The fourth-order valence-electron chi connectivity index (χ4n) is 2.50. The van der Waals surface area contributed by atoms with Crippen LogP contribution in [0.4, 0.5) is 0 Å². The molecule has 3 heteroatoms. The predicted octanol–water partition coefficient (Wildman–Crippen LogP) is 5.74. The second-order valence-corrected chi connectivity index (χ2v) is 5.81. The third kappa shape index (κ3) is 3.49. The standard InChI is InChI=1S/C10H8ClN.C10H9N/c1-7-6-9(11)8-4-2-3-5-10(8)12-7;1-8-6-7-11-10-5-3-2-4-9(8)10/h2-6H,1H3;2-7H,1H3. The summed E-state index contributed by atoms with van der Waals surface area (Å²) in [5.41, 5.74) is 4.28. The lowest BCUT2D eigenvalue weighted by molar-refractivity contribution is 1.26. The van der Waals surface area contributed by atoms with Gasteiger partial charge in [0.05, 0.1) is 16.1 Å². The Morgan fingerprint density at radius 3 is 2.17 bits per heavy atom. The van der Waals surface area contributed by atoms with Crippen LogP contribution in [-0.2, 0) is 0 Å². The zero-order valence-electron chi connectivity index (χ0n) is 13.1. The van der Waals surface area contributed by atoms with E-state index in [4.69, 9.17) is 11.6 Å². The van der Waals surface area contributed by atoms with Crippen molar-refractivity contribution in [3.8, 4) is 0 Å². The summed E-state index contributed by atoms with van der Waals surface area (Å²) in [6.45, 7) is 4.04. The number of hydrogen-bond acceptors (Lipinski definition) is 2. The molecular weight excluding hydrogens is 304 g/mol. The van der Waals surface area contributed by atoms with Crippen LogP contribution in [-0.4, -0.2) is 9.97 Å². The van der Waals surface area contributed by atoms with Gasteiger partial charge >= 0.3 is 0 Å². The molecule has 4 rings (SSSR count). The Bertz CT molecular complexity index is 958. The first kappa shape index (κ1) is 15.4. The summed E-state index contributed by atoms with van der Waals surface area (Å²) < 4.78 is 0. The van der Waals surface area contributed by atoms with E-state index >= 15 is 0 Å². The molecular formula is C20H17ClN2. The van der Waals surface area contributed by atoms with E-state index in [-0.39, 0.29) is 0 Å². The normalized spacial score (nSPS) is 10.4. The van der Waals surface area contributed by atoms with Gasteiger partial charge in [-0.2, -0.15) is 0 Å². The molecule has 2 nitrogen and oxygen atoms in total. The summed E-state index contributed by atoms with van der Waals surface area (Å²) >= 11 is 6.02. The minimum absolute atomic E-state index is 0.776. The average Bonchev–Trinajstić information content (AvgIpc) is 2.56. The summed E-state index contributed by atoms with van der Waals surface area (Å²) in [7, 11) is 0. The smallest absolute Gasteiger partial charge is 0.0720 e. The van der Waals surface area contributed by atoms with Gasteiger partial charge in [-0.05, 0) is 43.7 Å². The summed E-state index contributed by atoms with van der Waals surface area (Å²) in [6, 6.07) is 20.0. The maximum atomic E-state index is 6.02. The van der Waals surface area contributed by atoms with Gasteiger partial charge < -0.3 is 0 Å². The van der Waals surface area contributed by atoms with E-state index in [1.807, 2.05) is 67.7 Å². The van der Waals surface area contributed by atoms with Crippen LogP contribution in [0.1, 0.15) is 11.3 Å². The summed E-state index contributed by atoms with van der Waals surface area (Å²) in [6.07, 6.45) is 1.84. The van der Waals surface area contributed by atoms with Gasteiger partial charge in [-0.3, -0.25) is 9.97 Å². The van der Waals surface area contributed by atoms with Crippen LogP contribution in [0, 0.1) is 13.8 Å². The van der Waals surface area contributed by atoms with Crippen molar-refractivity contribution < 1.29 is 0 Å². The number of para-hydroxylation sites is 2. The van der Waals surface area contributed by atoms with Crippen molar-refractivity contribution in [3.05, 3.63) is 83.1 Å². The number of benzene rings is 2. The van der Waals surface area contributed by atoms with Crippen molar-refractivity contribution >= 4 is 33.4 Å². The molecule has 0 aliphatic rings. The fraction of sp³-hybridized carbons (Fsp3) is 0.100. The second-order valence-electron chi connectivity index (χ2n) is 5.41. The van der Waals surface area contributed by atoms with E-state index in [0.717, 1.165) is 27.1 Å². The van der Waals surface area contributed by atoms with Crippen LogP contribution in [0.15, 0.2) is 66.9 Å². The van der Waals surface area contributed by atoms with Gasteiger partial charge in [0.25, 0.3) is 0 Å². The molecule has 2 heterocycles. The lowest BCUT2D eigenvalue weighted by Crippen LogP contribution is -1.83. The summed E-state index contributed by atoms with van der Waals surface area (Å²) in [5.74, 6) is 0. The largest absolute Gasteiger partial charge is 0.256 e. The SMILES string of the molecule is Cc1cc(Cl)c2ccccc2n1.Cc1ccnc2ccccc12. The van der Waals surface area contributed by atoms with Crippen molar-refractivity contribution in [1.29, 1.82) is 0 Å². The number of pyridine rings is 2. The van der Waals surface area contributed by atoms with E-state index in [9.17, 15) is 0 Å². The van der Waals surface area contributed by atoms with Crippen molar-refractivity contribution in [2.75, 3.05) is 0 Å². The van der Waals surface area contributed by atoms with Crippen molar-refractivity contribution in [1.82, 2.24) is 9.97 Å². The molecule has 0 fully saturated rings. The first-order valence-electron chi connectivity index (χ1n) is 7.47. The fourth-order valence-corrected chi connectivity index (χ4v) is 2.81. The van der Waals surface area contributed by atoms with Crippen LogP contribution in [0.2, 0.25) is 5.02 Å². The Kier molecular flexibility index (Phi) is 4.54. The quantitative estimate of drug-likeness (QED) is 0.413. The molecule has 0 unspecified atom stereocenters. The van der Waals surface area contributed by atoms with Crippen molar-refractivity contribution in [3.63, 3.8) is 0 Å². The Morgan fingerprint density at radius 2 is 1.43 bits per heavy atom. The molecule has 4 aromatic rings. The molecule has 23 heavy (non-hydrogen) atoms. The average molecular weight is 321 g/mol. The number of aryl methyl sites for hydroxylation is 2. The molecule has 0 saturated carbocycles. The molecule has 2 aromatic heterocycles. The third-order valence-electron chi connectivity index (χ3n) is 3.66. The van der Waals surface area contributed by atoms with Crippen LogP contribution < -0.4 is 0 Å². The van der Waals surface area contributed by atoms with E-state index < -0.39 is 0 Å². The molecule has 0 aliphatic carbocycles. The van der Waals surface area contributed by atoms with Gasteiger partial charge in [0, 0.05) is 22.7 Å². The van der Waals surface area contributed by atoms with Gasteiger partial charge in [-0.15, -0.1) is 0 Å². The number of nitrogens with zero attached hydrogens (tertiary/aromatic N) is 2. The Labute approximate surface area is 140 Å². The highest BCUT2D eigenvalue weighted by Gasteiger charge is 1.99. The highest BCUT2D eigenvalue weighted by atomic mass is 35.5. The van der Waals surface area contributed by atoms with Crippen molar-refractivity contribution in [2.45, 2.75) is 13.8 Å². The first-order valence-corrected chi connectivity index (χ1v) is 7.85. The number of halogens is 1. The van der Waals surface area contributed by atoms with Crippen LogP contribution in [0.25, 0.3) is 21.8 Å². The minimum atomic E-state index is 0.776. The predicted molar refractivity (Wildman–Crippen MR) is 98.0 cm³/mol. The summed E-state index contributed by atoms with van der Waals surface area (Å²) in [5, 5.41) is 3.04. The zero-order valence-corrected chi connectivity index (χ0v) is 13.9. The van der Waals surface area contributed by atoms with Gasteiger partial charge in [-0.25, -0.2) is 0 Å². The van der Waals surface area contributed by atoms with Gasteiger partial charge in [0.15, 0.2) is 0 Å². The lowest BCUT2D eigenvalue weighted by Gasteiger charge is -2.00. The maximum Gasteiger partial charge on any atom is 0.0720 e. The molecule has 0 aliphatic heterocycles. The van der Waals surface area contributed by atoms with Crippen LogP contribution >= 0.6 is 11.6 Å². The van der Waals surface area contributed by atoms with Crippen molar-refractivity contribution in [2.24, 2.45) is 0 Å². The first-order chi connectivity index (χ1) is 11.1. The lowest BCUT2D eigenvalue weighted by atomic mass is 10.1. The van der Waals surface area contributed by atoms with Crippen LogP contribution in [0.3, 0.4) is 0 Å². The highest BCUT2D eigenvalue weighted by Crippen LogP contribution is 2.22. The number of fused-ring (bicyclic) bond motifs is 2. The maximum absolute atomic E-state index is 6.02. The van der Waals surface area contributed by atoms with E-state index in [1.54, 1.807) is 0 Å². The number of rotatable bonds is 0. The molecule has 2 aromatic carbocycles. The molecule has 114 valence electrons. The highest BCUT2D eigenvalue weighted by molar-refractivity contribution is 6.35. The van der Waals surface area contributed by atoms with E-state index in [1.165, 1.54) is 10.9 Å². The molecule has 0 atom stereocenters. The number of hydrogen-bond donors (Lipinski definition) is 0. The van der Waals surface area contributed by atoms with Crippen LogP contribution in [0.5, 0.6) is 0 Å². The molecule has 0 bridgehead atoms. The Balaban J connectivity index is 0.000000136. The molecule has 0 radical (unpaired) electrons. The summed E-state index contributed by atoms with van der Waals surface area (Å²) in [4.78, 5) is 8.59. The monoisotopic (exact) mass is 320 g/mol. The number of aromatic nitrogens is 2. The topological polar surface area (TPSA) is 25.8 Å². The van der Waals surface area contributed by atoms with E-state index in [2.05, 4.69) is 23.0 Å². The van der Waals surface area contributed by atoms with Gasteiger partial charge in [-0.1, -0.05) is 48.0 Å². The van der Waals surface area contributed by atoms with Gasteiger partial charge in [0.1, 0.15) is 0 Å².